The van der Waals surface area contributed by atoms with Gasteiger partial charge >= 0.3 is 0 Å². The third-order valence-electron chi connectivity index (χ3n) is 18.7. The van der Waals surface area contributed by atoms with Gasteiger partial charge in [0.05, 0.1) is 22.5 Å². The summed E-state index contributed by atoms with van der Waals surface area (Å²) in [6.07, 6.45) is 28.8. The molecule has 4 aliphatic rings. The molecular formula is C83H74N4S2. The minimum atomic E-state index is -0.602. The minimum absolute atomic E-state index is 0.0310. The molecule has 0 bridgehead atoms. The number of rotatable bonds is 15. The number of nitrogens with zero attached hydrogens (tertiary/aromatic N) is 1. The van der Waals surface area contributed by atoms with E-state index in [0.717, 1.165) is 81.8 Å². The van der Waals surface area contributed by atoms with Gasteiger partial charge in [-0.2, -0.15) is 0 Å². The Hall–Kier alpha value is -9.33. The van der Waals surface area contributed by atoms with E-state index in [1.165, 1.54) is 86.0 Å². The molecule has 0 radical (unpaired) electrons. The highest BCUT2D eigenvalue weighted by Gasteiger charge is 2.51. The predicted octanol–water partition coefficient (Wildman–Crippen LogP) is 23.3. The van der Waals surface area contributed by atoms with Gasteiger partial charge in [-0.3, -0.25) is 0 Å². The second-order valence-corrected chi connectivity index (χ2v) is 27.2. The molecule has 6 heteroatoms. The summed E-state index contributed by atoms with van der Waals surface area (Å²) in [5, 5.41) is 14.0. The highest BCUT2D eigenvalue weighted by atomic mass is 32.2. The lowest BCUT2D eigenvalue weighted by molar-refractivity contribution is 0.331. The molecule has 0 spiro atoms. The fourth-order valence-electron chi connectivity index (χ4n) is 14.2. The Morgan fingerprint density at radius 1 is 0.640 bits per heavy atom. The number of thiophene rings is 1. The molecule has 1 atom stereocenters. The van der Waals surface area contributed by atoms with Crippen LogP contribution in [-0.2, 0) is 16.2 Å². The topological polar surface area (TPSA) is 39.3 Å². The minimum Gasteiger partial charge on any atom is -0.388 e. The molecule has 4 nitrogen and oxygen atoms in total. The second-order valence-electron chi connectivity index (χ2n) is 25.1. The average molecular weight is 1190 g/mol. The molecular weight excluding hydrogens is 1120 g/mol. The van der Waals surface area contributed by atoms with E-state index in [2.05, 4.69) is 317 Å². The van der Waals surface area contributed by atoms with Crippen molar-refractivity contribution < 1.29 is 0 Å². The highest BCUT2D eigenvalue weighted by molar-refractivity contribution is 7.99. The standard InChI is InChI=1S/C83H74N4S2/c1-8-26-58(33-24-30-55-28-14-10-15-29-55)64-50-62(84-7)46-47-71(64)85-54-66(72(27-9-2)86-61-44-42-57(43-45-61)56-31-16-11-17-32-56)77-79-65(63-38-22-23-40-75(63)88-79)51-74-80(77)89-76-41-25-39-67-78(76)87(74)73-53-69-68(81(3,4)48-49-82(69,5)6)52-70(73)83(67,59-34-18-12-19-35-59)60-36-20-13-21-37-60/h8-12,14-20,22-47,50-54,84-86H,2,13,21,48-49H2,1,3-7H3/b26-8-,30-24+,58-33+,66-54+,72-27+. The van der Waals surface area contributed by atoms with Crippen molar-refractivity contribution in [2.75, 3.05) is 27.9 Å². The van der Waals surface area contributed by atoms with Gasteiger partial charge in [0, 0.05) is 82.7 Å². The van der Waals surface area contributed by atoms with Gasteiger partial charge in [0.1, 0.15) is 0 Å². The molecule has 2 aliphatic heterocycles. The van der Waals surface area contributed by atoms with Gasteiger partial charge in [-0.25, -0.2) is 0 Å². The summed E-state index contributed by atoms with van der Waals surface area (Å²) >= 11 is 3.78. The van der Waals surface area contributed by atoms with E-state index in [9.17, 15) is 0 Å². The quantitative estimate of drug-likeness (QED) is 0.0893. The number of hydrogen-bond donors (Lipinski definition) is 3. The molecule has 1 aromatic heterocycles. The Balaban J connectivity index is 1.05. The molecule has 9 aromatic carbocycles. The molecule has 1 unspecified atom stereocenters. The number of para-hydroxylation sites is 1. The van der Waals surface area contributed by atoms with Gasteiger partial charge in [-0.05, 0) is 160 Å². The molecule has 10 aromatic rings. The maximum Gasteiger partial charge on any atom is 0.0739 e. The van der Waals surface area contributed by atoms with Crippen LogP contribution in [0.1, 0.15) is 105 Å². The zero-order chi connectivity index (χ0) is 60.9. The molecule has 0 amide bonds. The van der Waals surface area contributed by atoms with Gasteiger partial charge in [-0.15, -0.1) is 11.3 Å². The van der Waals surface area contributed by atoms with Crippen LogP contribution in [0.15, 0.2) is 283 Å². The largest absolute Gasteiger partial charge is 0.388 e. The lowest BCUT2D eigenvalue weighted by Crippen LogP contribution is -2.41. The van der Waals surface area contributed by atoms with E-state index in [0.29, 0.717) is 0 Å². The second kappa shape index (κ2) is 23.6. The first-order chi connectivity index (χ1) is 43.5. The Bertz CT molecular complexity index is 4630. The van der Waals surface area contributed by atoms with Gasteiger partial charge in [-0.1, -0.05) is 240 Å². The van der Waals surface area contributed by atoms with Gasteiger partial charge < -0.3 is 20.9 Å². The Morgan fingerprint density at radius 3 is 2.08 bits per heavy atom. The van der Waals surface area contributed by atoms with Crippen molar-refractivity contribution in [1.82, 2.24) is 0 Å². The summed E-state index contributed by atoms with van der Waals surface area (Å²) in [5.74, 6) is 0. The van der Waals surface area contributed by atoms with Crippen LogP contribution in [0.3, 0.4) is 0 Å². The Morgan fingerprint density at radius 2 is 1.35 bits per heavy atom. The number of fused-ring (bicyclic) bond motifs is 8. The van der Waals surface area contributed by atoms with E-state index in [4.69, 9.17) is 0 Å². The van der Waals surface area contributed by atoms with E-state index in [1.807, 2.05) is 36.2 Å². The monoisotopic (exact) mass is 1190 g/mol. The average Bonchev–Trinajstić information content (AvgIpc) is 0.936. The van der Waals surface area contributed by atoms with Crippen LogP contribution < -0.4 is 20.9 Å². The maximum atomic E-state index is 4.42. The number of hydrogen-bond acceptors (Lipinski definition) is 6. The molecule has 89 heavy (non-hydrogen) atoms. The molecule has 0 saturated heterocycles. The SMILES string of the molecule is C=C/C=C(Nc1ccc(-c2ccccc2)cc1)\C(=C/Nc1ccc(NC)cc1C(/C=C\C)=C/C=C/c1ccccc1)c1c2c(cc3c1sc1ccccc13)N1c3cc4c(cc3C(C3=CCCC=C3)(c3ccccc3)c3cccc(c31)S2)C(C)(C)CCC4(C)C. The molecule has 2 aliphatic carbocycles. The summed E-state index contributed by atoms with van der Waals surface area (Å²) in [4.78, 5) is 5.12. The third-order valence-corrected chi connectivity index (χ3v) is 21.1. The Labute approximate surface area is 533 Å². The van der Waals surface area contributed by atoms with Crippen LogP contribution in [0.5, 0.6) is 0 Å². The third kappa shape index (κ3) is 10.2. The van der Waals surface area contributed by atoms with Gasteiger partial charge in [0.2, 0.25) is 0 Å². The summed E-state index contributed by atoms with van der Waals surface area (Å²) in [7, 11) is 1.99. The summed E-state index contributed by atoms with van der Waals surface area (Å²) in [6, 6.07) is 71.9. The van der Waals surface area contributed by atoms with Crippen LogP contribution in [-0.4, -0.2) is 7.05 Å². The van der Waals surface area contributed by atoms with Crippen molar-refractivity contribution in [2.45, 2.75) is 86.3 Å². The molecule has 438 valence electrons. The zero-order valence-electron chi connectivity index (χ0n) is 51.6. The van der Waals surface area contributed by atoms with Crippen LogP contribution in [0, 0.1) is 0 Å². The predicted molar refractivity (Wildman–Crippen MR) is 386 cm³/mol. The van der Waals surface area contributed by atoms with Crippen molar-refractivity contribution in [3.05, 3.63) is 317 Å². The van der Waals surface area contributed by atoms with Crippen LogP contribution in [0.2, 0.25) is 0 Å². The number of allylic oxidation sites excluding steroid dienone is 12. The highest BCUT2D eigenvalue weighted by Crippen LogP contribution is 2.67. The van der Waals surface area contributed by atoms with Gasteiger partial charge in [0.15, 0.2) is 0 Å². The molecule has 3 heterocycles. The molecule has 0 saturated carbocycles. The first kappa shape index (κ1) is 57.4. The van der Waals surface area contributed by atoms with E-state index >= 15 is 0 Å². The zero-order valence-corrected chi connectivity index (χ0v) is 53.3. The smallest absolute Gasteiger partial charge is 0.0739 e. The van der Waals surface area contributed by atoms with E-state index < -0.39 is 5.41 Å². The molecule has 0 fully saturated rings. The number of nitrogens with one attached hydrogen (secondary N) is 3. The molecule has 3 N–H and O–H groups in total. The lowest BCUT2D eigenvalue weighted by atomic mass is 9.57. The first-order valence-electron chi connectivity index (χ1n) is 31.3. The van der Waals surface area contributed by atoms with Crippen molar-refractivity contribution in [3.63, 3.8) is 0 Å². The fraction of sp³-hybridized carbons (Fsp3) is 0.157. The van der Waals surface area contributed by atoms with Crippen molar-refractivity contribution >= 4 is 94.6 Å². The van der Waals surface area contributed by atoms with Crippen LogP contribution in [0.4, 0.5) is 34.1 Å². The maximum absolute atomic E-state index is 4.42. The number of benzene rings is 9. The normalized spacial score (nSPS) is 17.5. The summed E-state index contributed by atoms with van der Waals surface area (Å²) in [6.45, 7) is 16.4. The van der Waals surface area contributed by atoms with E-state index in [-0.39, 0.29) is 10.8 Å². The summed E-state index contributed by atoms with van der Waals surface area (Å²) in [5.41, 5.74) is 22.8. The Kier molecular flexibility index (Phi) is 15.3. The first-order valence-corrected chi connectivity index (χ1v) is 33.0. The van der Waals surface area contributed by atoms with E-state index in [1.54, 1.807) is 0 Å². The van der Waals surface area contributed by atoms with Crippen molar-refractivity contribution in [2.24, 2.45) is 0 Å². The lowest BCUT2D eigenvalue weighted by Gasteiger charge is -2.51. The number of anilines is 6. The van der Waals surface area contributed by atoms with Crippen molar-refractivity contribution in [1.29, 1.82) is 0 Å². The fourth-order valence-corrected chi connectivity index (χ4v) is 16.7. The molecule has 14 rings (SSSR count). The van der Waals surface area contributed by atoms with Crippen LogP contribution in [0.25, 0.3) is 48.5 Å². The van der Waals surface area contributed by atoms with Crippen LogP contribution >= 0.6 is 23.1 Å². The van der Waals surface area contributed by atoms with Gasteiger partial charge in [0.25, 0.3) is 0 Å². The van der Waals surface area contributed by atoms with Crippen molar-refractivity contribution in [3.8, 4) is 11.1 Å². The summed E-state index contributed by atoms with van der Waals surface area (Å²) < 4.78 is 2.46.